The summed E-state index contributed by atoms with van der Waals surface area (Å²) in [7, 11) is 0. The Hall–Kier alpha value is -2.05. The molecule has 0 unspecified atom stereocenters. The lowest BCUT2D eigenvalue weighted by atomic mass is 9.57. The quantitative estimate of drug-likeness (QED) is 0.801. The van der Waals surface area contributed by atoms with Gasteiger partial charge in [-0.15, -0.1) is 0 Å². The standard InChI is InChI=1S/C23H35N3O4/c1-5-29-21(28)24-17-10-15(11-17)20(27)26-8-6-23(7-9-26)12-16(13-23)19-25-18(14-30-19)22(2,3)4/h14-17H,5-13H2,1-4H3,(H,24,28)/t15-,17+. The SMILES string of the molecule is CCOC(=O)N[C@H]1C[C@@H](C(=O)N2CCC3(CC2)CC(c2nc(C(C)(C)C)co2)C3)C1. The number of carbonyl (C=O) groups is 2. The second kappa shape index (κ2) is 7.89. The van der Waals surface area contributed by atoms with Crippen molar-refractivity contribution < 1.29 is 18.7 Å². The molecule has 3 fully saturated rings. The van der Waals surface area contributed by atoms with Gasteiger partial charge in [-0.1, -0.05) is 20.8 Å². The molecule has 2 heterocycles. The zero-order chi connectivity index (χ0) is 21.5. The van der Waals surface area contributed by atoms with Gasteiger partial charge < -0.3 is 19.4 Å². The molecule has 3 aliphatic rings. The van der Waals surface area contributed by atoms with Gasteiger partial charge in [0.2, 0.25) is 5.91 Å². The molecule has 0 radical (unpaired) electrons. The second-order valence-corrected chi connectivity index (χ2v) is 10.5. The fourth-order valence-electron chi connectivity index (χ4n) is 5.12. The summed E-state index contributed by atoms with van der Waals surface area (Å²) in [6.07, 6.45) is 7.25. The van der Waals surface area contributed by atoms with E-state index in [0.717, 1.165) is 63.2 Å². The molecule has 1 aliphatic heterocycles. The largest absolute Gasteiger partial charge is 0.450 e. The molecular weight excluding hydrogens is 382 g/mol. The lowest BCUT2D eigenvalue weighted by Crippen LogP contribution is -2.54. The Labute approximate surface area is 178 Å². The minimum Gasteiger partial charge on any atom is -0.450 e. The number of hydrogen-bond acceptors (Lipinski definition) is 5. The van der Waals surface area contributed by atoms with E-state index in [-0.39, 0.29) is 29.4 Å². The third-order valence-corrected chi connectivity index (χ3v) is 7.22. The maximum absolute atomic E-state index is 12.8. The Bertz CT molecular complexity index is 775. The van der Waals surface area contributed by atoms with Gasteiger partial charge in [-0.3, -0.25) is 4.79 Å². The van der Waals surface area contributed by atoms with Crippen LogP contribution in [-0.4, -0.2) is 47.6 Å². The van der Waals surface area contributed by atoms with Crippen LogP contribution in [0.3, 0.4) is 0 Å². The van der Waals surface area contributed by atoms with Crippen LogP contribution in [0, 0.1) is 11.3 Å². The molecule has 0 aromatic carbocycles. The van der Waals surface area contributed by atoms with Crippen molar-refractivity contribution in [1.29, 1.82) is 0 Å². The van der Waals surface area contributed by atoms with Gasteiger partial charge in [0.1, 0.15) is 6.26 Å². The van der Waals surface area contributed by atoms with Crippen molar-refractivity contribution in [2.75, 3.05) is 19.7 Å². The van der Waals surface area contributed by atoms with Crippen molar-refractivity contribution in [1.82, 2.24) is 15.2 Å². The lowest BCUT2D eigenvalue weighted by molar-refractivity contribution is -0.142. The summed E-state index contributed by atoms with van der Waals surface area (Å²) >= 11 is 0. The van der Waals surface area contributed by atoms with Crippen LogP contribution in [0.4, 0.5) is 4.79 Å². The maximum Gasteiger partial charge on any atom is 0.407 e. The van der Waals surface area contributed by atoms with Crippen molar-refractivity contribution >= 4 is 12.0 Å². The van der Waals surface area contributed by atoms with Crippen LogP contribution in [0.5, 0.6) is 0 Å². The number of nitrogens with zero attached hydrogens (tertiary/aromatic N) is 2. The van der Waals surface area contributed by atoms with Crippen molar-refractivity contribution in [3.63, 3.8) is 0 Å². The van der Waals surface area contributed by atoms with E-state index in [9.17, 15) is 9.59 Å². The van der Waals surface area contributed by atoms with Crippen molar-refractivity contribution in [3.8, 4) is 0 Å². The summed E-state index contributed by atoms with van der Waals surface area (Å²) in [5.41, 5.74) is 1.39. The number of amides is 2. The number of hydrogen-bond donors (Lipinski definition) is 1. The van der Waals surface area contributed by atoms with E-state index in [2.05, 4.69) is 26.1 Å². The topological polar surface area (TPSA) is 84.7 Å². The highest BCUT2D eigenvalue weighted by Crippen LogP contribution is 2.56. The molecule has 4 rings (SSSR count). The third kappa shape index (κ3) is 4.21. The van der Waals surface area contributed by atoms with E-state index in [1.807, 2.05) is 11.2 Å². The van der Waals surface area contributed by atoms with Gasteiger partial charge in [-0.05, 0) is 50.9 Å². The van der Waals surface area contributed by atoms with Crippen LogP contribution in [0.1, 0.15) is 83.7 Å². The van der Waals surface area contributed by atoms with Crippen LogP contribution < -0.4 is 5.32 Å². The van der Waals surface area contributed by atoms with Crippen molar-refractivity contribution in [3.05, 3.63) is 17.8 Å². The van der Waals surface area contributed by atoms with E-state index in [1.165, 1.54) is 0 Å². The number of alkyl carbamates (subject to hydrolysis) is 1. The molecule has 1 spiro atoms. The second-order valence-electron chi connectivity index (χ2n) is 10.5. The molecule has 0 bridgehead atoms. The van der Waals surface area contributed by atoms with Crippen LogP contribution in [0.2, 0.25) is 0 Å². The van der Waals surface area contributed by atoms with E-state index in [1.54, 1.807) is 6.92 Å². The third-order valence-electron chi connectivity index (χ3n) is 7.22. The van der Waals surface area contributed by atoms with Gasteiger partial charge in [-0.2, -0.15) is 0 Å². The number of rotatable bonds is 4. The molecule has 1 aromatic heterocycles. The van der Waals surface area contributed by atoms with Crippen LogP contribution in [0.15, 0.2) is 10.7 Å². The van der Waals surface area contributed by atoms with Crippen molar-refractivity contribution in [2.45, 2.75) is 83.6 Å². The average molecular weight is 418 g/mol. The molecule has 0 atom stereocenters. The number of carbonyl (C=O) groups excluding carboxylic acids is 2. The molecule has 166 valence electrons. The highest BCUT2D eigenvalue weighted by atomic mass is 16.5. The Morgan fingerprint density at radius 1 is 1.27 bits per heavy atom. The van der Waals surface area contributed by atoms with Gasteiger partial charge in [0.05, 0.1) is 12.3 Å². The molecule has 1 N–H and O–H groups in total. The molecule has 7 nitrogen and oxygen atoms in total. The van der Waals surface area contributed by atoms with Gasteiger partial charge >= 0.3 is 6.09 Å². The van der Waals surface area contributed by atoms with E-state index in [0.29, 0.717) is 17.9 Å². The highest BCUT2D eigenvalue weighted by molar-refractivity contribution is 5.80. The van der Waals surface area contributed by atoms with Gasteiger partial charge in [-0.25, -0.2) is 9.78 Å². The molecule has 1 saturated heterocycles. The molecule has 2 amide bonds. The van der Waals surface area contributed by atoms with Gasteiger partial charge in [0.15, 0.2) is 5.89 Å². The minimum absolute atomic E-state index is 0.0151. The average Bonchev–Trinajstić information content (AvgIpc) is 3.12. The van der Waals surface area contributed by atoms with Gasteiger partial charge in [0, 0.05) is 36.4 Å². The molecule has 30 heavy (non-hydrogen) atoms. The van der Waals surface area contributed by atoms with Crippen LogP contribution >= 0.6 is 0 Å². The number of piperidine rings is 1. The molecular formula is C23H35N3O4. The minimum atomic E-state index is -0.381. The maximum atomic E-state index is 12.8. The molecule has 1 aromatic rings. The fourth-order valence-corrected chi connectivity index (χ4v) is 5.12. The fraction of sp³-hybridized carbons (Fsp3) is 0.783. The predicted octanol–water partition coefficient (Wildman–Crippen LogP) is 3.98. The zero-order valence-electron chi connectivity index (χ0n) is 18.7. The lowest BCUT2D eigenvalue weighted by Gasteiger charge is -2.52. The molecule has 2 saturated carbocycles. The Morgan fingerprint density at radius 2 is 1.93 bits per heavy atom. The number of oxazole rings is 1. The summed E-state index contributed by atoms with van der Waals surface area (Å²) in [6, 6.07) is 0.0697. The highest BCUT2D eigenvalue weighted by Gasteiger charge is 2.49. The summed E-state index contributed by atoms with van der Waals surface area (Å²) in [5, 5.41) is 2.82. The Balaban J connectivity index is 1.20. The van der Waals surface area contributed by atoms with Crippen LogP contribution in [-0.2, 0) is 14.9 Å². The van der Waals surface area contributed by atoms with E-state index in [4.69, 9.17) is 14.1 Å². The van der Waals surface area contributed by atoms with E-state index >= 15 is 0 Å². The summed E-state index contributed by atoms with van der Waals surface area (Å²) in [4.78, 5) is 31.0. The van der Waals surface area contributed by atoms with Crippen LogP contribution in [0.25, 0.3) is 0 Å². The number of nitrogens with one attached hydrogen (secondary N) is 1. The number of likely N-dealkylation sites (tertiary alicyclic amines) is 1. The molecule has 2 aliphatic carbocycles. The summed E-state index contributed by atoms with van der Waals surface area (Å²) < 4.78 is 10.7. The first-order valence-corrected chi connectivity index (χ1v) is 11.4. The first kappa shape index (κ1) is 21.2. The number of ether oxygens (including phenoxy) is 1. The van der Waals surface area contributed by atoms with E-state index < -0.39 is 0 Å². The first-order chi connectivity index (χ1) is 14.2. The monoisotopic (exact) mass is 417 g/mol. The Morgan fingerprint density at radius 3 is 2.50 bits per heavy atom. The predicted molar refractivity (Wildman–Crippen MR) is 112 cm³/mol. The van der Waals surface area contributed by atoms with Gasteiger partial charge in [0.25, 0.3) is 0 Å². The molecule has 7 heteroatoms. The smallest absolute Gasteiger partial charge is 0.407 e. The summed E-state index contributed by atoms with van der Waals surface area (Å²) in [6.45, 7) is 10.3. The zero-order valence-corrected chi connectivity index (χ0v) is 18.7. The first-order valence-electron chi connectivity index (χ1n) is 11.4. The Kier molecular flexibility index (Phi) is 5.58. The number of aromatic nitrogens is 1. The summed E-state index contributed by atoms with van der Waals surface area (Å²) in [5.74, 6) is 1.61. The normalized spacial score (nSPS) is 26.1. The van der Waals surface area contributed by atoms with Crippen molar-refractivity contribution in [2.24, 2.45) is 11.3 Å².